The predicted octanol–water partition coefficient (Wildman–Crippen LogP) is 5.71. The van der Waals surface area contributed by atoms with E-state index in [0.717, 1.165) is 20.9 Å². The largest absolute Gasteiger partial charge is 0.411 e. The lowest BCUT2D eigenvalue weighted by Crippen LogP contribution is -2.22. The number of thioether (sulfide) groups is 2. The second-order valence-corrected chi connectivity index (χ2v) is 9.75. The van der Waals surface area contributed by atoms with Gasteiger partial charge in [0, 0.05) is 22.6 Å². The maximum atomic E-state index is 9.71. The van der Waals surface area contributed by atoms with Gasteiger partial charge in [0.25, 0.3) is 0 Å². The van der Waals surface area contributed by atoms with Crippen molar-refractivity contribution in [1.82, 2.24) is 11.0 Å². The minimum absolute atomic E-state index is 0.244. The van der Waals surface area contributed by atoms with E-state index in [1.807, 2.05) is 61.0 Å². The first-order valence-corrected chi connectivity index (χ1v) is 13.6. The topological polar surface area (TPSA) is 130 Å². The molecule has 8 nitrogen and oxygen atoms in total. The van der Waals surface area contributed by atoms with E-state index >= 15 is 0 Å². The molecule has 36 heavy (non-hydrogen) atoms. The fraction of sp³-hybridized carbons (Fsp3) is 0.231. The molecule has 0 spiro atoms. The third kappa shape index (κ3) is 7.10. The third-order valence-corrected chi connectivity index (χ3v) is 7.42. The Balaban J connectivity index is 1.73. The second-order valence-electron chi connectivity index (χ2n) is 7.99. The van der Waals surface area contributed by atoms with Crippen LogP contribution in [0.4, 0.5) is 0 Å². The van der Waals surface area contributed by atoms with Crippen LogP contribution in [0.1, 0.15) is 47.2 Å². The van der Waals surface area contributed by atoms with Gasteiger partial charge in [-0.2, -0.15) is 11.0 Å². The molecular weight excluding hydrogens is 496 g/mol. The standard InChI is InChI=1S/C26H30N4O4S2/c1-35-21-11-7-19(8-12-21)25(29-33)15-23(27-31)17-3-5-18(6-4-17)24(28-32)16-26(30-34)20-9-13-22(36-2)14-10-20/h3-14,25-26,29-34H,15-16H2,1-2H3/b27-23-,28-24-. The van der Waals surface area contributed by atoms with Gasteiger partial charge in [0.2, 0.25) is 0 Å². The number of rotatable bonds is 12. The van der Waals surface area contributed by atoms with Gasteiger partial charge >= 0.3 is 0 Å². The summed E-state index contributed by atoms with van der Waals surface area (Å²) < 4.78 is 0. The van der Waals surface area contributed by atoms with Gasteiger partial charge in [-0.05, 0) is 59.0 Å². The first-order chi connectivity index (χ1) is 17.6. The van der Waals surface area contributed by atoms with Crippen LogP contribution in [-0.4, -0.2) is 44.8 Å². The summed E-state index contributed by atoms with van der Waals surface area (Å²) in [6, 6.07) is 21.7. The van der Waals surface area contributed by atoms with Gasteiger partial charge < -0.3 is 20.8 Å². The van der Waals surface area contributed by atoms with Crippen molar-refractivity contribution in [3.05, 3.63) is 95.1 Å². The molecule has 0 aromatic heterocycles. The molecule has 0 saturated heterocycles. The molecule has 3 aromatic rings. The fourth-order valence-electron chi connectivity index (χ4n) is 3.82. The molecule has 6 N–H and O–H groups in total. The lowest BCUT2D eigenvalue weighted by molar-refractivity contribution is 0.128. The molecule has 0 heterocycles. The van der Waals surface area contributed by atoms with Gasteiger partial charge in [0.15, 0.2) is 0 Å². The van der Waals surface area contributed by atoms with Crippen LogP contribution in [0.2, 0.25) is 0 Å². The van der Waals surface area contributed by atoms with Gasteiger partial charge in [-0.15, -0.1) is 23.5 Å². The first-order valence-electron chi connectivity index (χ1n) is 11.2. The molecule has 3 rings (SSSR count). The van der Waals surface area contributed by atoms with Crippen molar-refractivity contribution in [2.24, 2.45) is 10.3 Å². The highest BCUT2D eigenvalue weighted by atomic mass is 32.2. The van der Waals surface area contributed by atoms with Crippen molar-refractivity contribution in [2.45, 2.75) is 34.7 Å². The number of nitrogens with zero attached hydrogens (tertiary/aromatic N) is 2. The SMILES string of the molecule is CSc1ccc(C(C/C(=N/O)c2ccc(/C(CC(NO)c3ccc(SC)cc3)=N\O)cc2)NO)cc1. The van der Waals surface area contributed by atoms with Gasteiger partial charge in [-0.25, -0.2) is 0 Å². The molecule has 10 heteroatoms. The molecule has 0 bridgehead atoms. The number of oxime groups is 2. The number of hydrogen-bond acceptors (Lipinski definition) is 10. The summed E-state index contributed by atoms with van der Waals surface area (Å²) in [5.74, 6) is 0. The van der Waals surface area contributed by atoms with E-state index in [4.69, 9.17) is 0 Å². The van der Waals surface area contributed by atoms with Crippen molar-refractivity contribution < 1.29 is 20.8 Å². The predicted molar refractivity (Wildman–Crippen MR) is 144 cm³/mol. The van der Waals surface area contributed by atoms with Crippen LogP contribution in [0.5, 0.6) is 0 Å². The lowest BCUT2D eigenvalue weighted by Gasteiger charge is -2.18. The quantitative estimate of drug-likeness (QED) is 0.0766. The summed E-state index contributed by atoms with van der Waals surface area (Å²) in [7, 11) is 0. The number of nitrogens with one attached hydrogen (secondary N) is 2. The van der Waals surface area contributed by atoms with E-state index in [2.05, 4.69) is 21.3 Å². The number of hydrogen-bond donors (Lipinski definition) is 6. The average molecular weight is 527 g/mol. The van der Waals surface area contributed by atoms with E-state index in [1.54, 1.807) is 47.8 Å². The van der Waals surface area contributed by atoms with Crippen molar-refractivity contribution in [1.29, 1.82) is 0 Å². The minimum Gasteiger partial charge on any atom is -0.411 e. The highest BCUT2D eigenvalue weighted by Gasteiger charge is 2.18. The van der Waals surface area contributed by atoms with Crippen LogP contribution in [0.3, 0.4) is 0 Å². The molecule has 2 atom stereocenters. The Labute approximate surface area is 219 Å². The number of benzene rings is 3. The summed E-state index contributed by atoms with van der Waals surface area (Å²) in [4.78, 5) is 2.22. The highest BCUT2D eigenvalue weighted by Crippen LogP contribution is 2.25. The summed E-state index contributed by atoms with van der Waals surface area (Å²) in [5, 5.41) is 45.7. The van der Waals surface area contributed by atoms with Crippen LogP contribution >= 0.6 is 23.5 Å². The summed E-state index contributed by atoms with van der Waals surface area (Å²) in [5.41, 5.74) is 8.39. The Bertz CT molecular complexity index is 1060. The molecule has 0 aliphatic heterocycles. The zero-order valence-corrected chi connectivity index (χ0v) is 21.6. The summed E-state index contributed by atoms with van der Waals surface area (Å²) in [6.07, 6.45) is 4.48. The maximum Gasteiger partial charge on any atom is 0.0887 e. The van der Waals surface area contributed by atoms with E-state index in [1.165, 1.54) is 0 Å². The zero-order chi connectivity index (χ0) is 25.9. The van der Waals surface area contributed by atoms with Crippen LogP contribution < -0.4 is 11.0 Å². The highest BCUT2D eigenvalue weighted by molar-refractivity contribution is 7.98. The van der Waals surface area contributed by atoms with E-state index in [0.29, 0.717) is 22.6 Å². The van der Waals surface area contributed by atoms with Gasteiger partial charge in [-0.1, -0.05) is 58.8 Å². The minimum atomic E-state index is -0.463. The zero-order valence-electron chi connectivity index (χ0n) is 20.0. The van der Waals surface area contributed by atoms with E-state index < -0.39 is 12.1 Å². The first kappa shape index (κ1) is 27.7. The number of hydroxylamine groups is 2. The molecule has 3 aromatic carbocycles. The normalized spacial score (nSPS) is 14.0. The van der Waals surface area contributed by atoms with Crippen molar-refractivity contribution in [3.8, 4) is 0 Å². The molecule has 190 valence electrons. The molecule has 0 fully saturated rings. The van der Waals surface area contributed by atoms with Gasteiger partial charge in [0.05, 0.1) is 23.5 Å². The lowest BCUT2D eigenvalue weighted by atomic mass is 9.95. The van der Waals surface area contributed by atoms with Crippen LogP contribution in [0.15, 0.2) is 92.9 Å². The molecule has 0 saturated carbocycles. The molecule has 0 amide bonds. The molecule has 0 aliphatic carbocycles. The van der Waals surface area contributed by atoms with E-state index in [9.17, 15) is 20.8 Å². The van der Waals surface area contributed by atoms with Crippen LogP contribution in [0, 0.1) is 0 Å². The average Bonchev–Trinajstić information content (AvgIpc) is 2.95. The third-order valence-electron chi connectivity index (χ3n) is 5.94. The Morgan fingerprint density at radius 1 is 0.639 bits per heavy atom. The maximum absolute atomic E-state index is 9.71. The van der Waals surface area contributed by atoms with Gasteiger partial charge in [0.1, 0.15) is 0 Å². The molecular formula is C26H30N4O4S2. The van der Waals surface area contributed by atoms with Crippen molar-refractivity contribution >= 4 is 34.9 Å². The van der Waals surface area contributed by atoms with Crippen LogP contribution in [-0.2, 0) is 0 Å². The van der Waals surface area contributed by atoms with Crippen molar-refractivity contribution in [2.75, 3.05) is 12.5 Å². The Kier molecular flexibility index (Phi) is 10.8. The van der Waals surface area contributed by atoms with E-state index in [-0.39, 0.29) is 12.8 Å². The molecule has 2 unspecified atom stereocenters. The Morgan fingerprint density at radius 3 is 1.22 bits per heavy atom. The van der Waals surface area contributed by atoms with Crippen LogP contribution in [0.25, 0.3) is 0 Å². The molecule has 0 radical (unpaired) electrons. The second kappa shape index (κ2) is 14.0. The smallest absolute Gasteiger partial charge is 0.0887 e. The fourth-order valence-corrected chi connectivity index (χ4v) is 4.64. The molecule has 0 aliphatic rings. The Morgan fingerprint density at radius 2 is 0.972 bits per heavy atom. The summed E-state index contributed by atoms with van der Waals surface area (Å²) >= 11 is 3.26. The van der Waals surface area contributed by atoms with Gasteiger partial charge in [-0.3, -0.25) is 0 Å². The van der Waals surface area contributed by atoms with Crippen molar-refractivity contribution in [3.63, 3.8) is 0 Å². The Hall–Kier alpha value is -2.86. The summed E-state index contributed by atoms with van der Waals surface area (Å²) in [6.45, 7) is 0. The monoisotopic (exact) mass is 526 g/mol.